The normalized spacial score (nSPS) is 17.7. The third-order valence-electron chi connectivity index (χ3n) is 3.76. The maximum absolute atomic E-state index is 6.26. The van der Waals surface area contributed by atoms with E-state index in [1.54, 1.807) is 7.11 Å². The van der Waals surface area contributed by atoms with Gasteiger partial charge in [-0.1, -0.05) is 38.5 Å². The van der Waals surface area contributed by atoms with E-state index >= 15 is 0 Å². The van der Waals surface area contributed by atoms with Crippen LogP contribution in [0.3, 0.4) is 0 Å². The van der Waals surface area contributed by atoms with E-state index in [0.717, 1.165) is 25.0 Å². The molecule has 1 aliphatic rings. The van der Waals surface area contributed by atoms with Crippen LogP contribution in [-0.2, 0) is 11.8 Å². The van der Waals surface area contributed by atoms with Crippen LogP contribution < -0.4 is 10.5 Å². The fourth-order valence-corrected chi connectivity index (χ4v) is 2.49. The van der Waals surface area contributed by atoms with Crippen LogP contribution in [0.15, 0.2) is 12.1 Å². The Bertz CT molecular complexity index is 453. The van der Waals surface area contributed by atoms with Gasteiger partial charge in [0.15, 0.2) is 0 Å². The molecule has 0 heterocycles. The summed E-state index contributed by atoms with van der Waals surface area (Å²) in [5, 5.41) is 0. The average Bonchev–Trinajstić information content (AvgIpc) is 2.94. The van der Waals surface area contributed by atoms with E-state index in [4.69, 9.17) is 10.5 Å². The van der Waals surface area contributed by atoms with Crippen LogP contribution >= 0.6 is 0 Å². The molecule has 0 saturated heterocycles. The summed E-state index contributed by atoms with van der Waals surface area (Å²) in [5.74, 6) is 1.03. The van der Waals surface area contributed by atoms with Gasteiger partial charge in [0.2, 0.25) is 0 Å². The lowest BCUT2D eigenvalue weighted by molar-refractivity contribution is 0.390. The quantitative estimate of drug-likeness (QED) is 0.889. The Kier molecular flexibility index (Phi) is 3.18. The fourth-order valence-electron chi connectivity index (χ4n) is 2.49. The Morgan fingerprint density at radius 1 is 1.28 bits per heavy atom. The average molecular weight is 247 g/mol. The lowest BCUT2D eigenvalue weighted by Crippen LogP contribution is -2.25. The molecule has 0 aliphatic heterocycles. The van der Waals surface area contributed by atoms with Gasteiger partial charge >= 0.3 is 0 Å². The topological polar surface area (TPSA) is 35.2 Å². The van der Waals surface area contributed by atoms with Gasteiger partial charge in [0.05, 0.1) is 7.11 Å². The molecule has 0 spiro atoms. The minimum Gasteiger partial charge on any atom is -0.496 e. The zero-order valence-corrected chi connectivity index (χ0v) is 12.3. The first-order valence-corrected chi connectivity index (χ1v) is 6.72. The largest absolute Gasteiger partial charge is 0.496 e. The van der Waals surface area contributed by atoms with Crippen molar-refractivity contribution in [2.45, 2.75) is 57.9 Å². The molecular weight excluding hydrogens is 222 g/mol. The van der Waals surface area contributed by atoms with E-state index in [1.165, 1.54) is 16.7 Å². The summed E-state index contributed by atoms with van der Waals surface area (Å²) >= 11 is 0. The highest BCUT2D eigenvalue weighted by molar-refractivity contribution is 5.48. The molecule has 0 atom stereocenters. The van der Waals surface area contributed by atoms with E-state index in [9.17, 15) is 0 Å². The van der Waals surface area contributed by atoms with Crippen molar-refractivity contribution >= 4 is 0 Å². The maximum atomic E-state index is 6.26. The SMILES string of the molecule is COc1c(CC2(N)CC2)cc(C)cc1C(C)(C)C. The molecule has 0 amide bonds. The predicted molar refractivity (Wildman–Crippen MR) is 76.3 cm³/mol. The summed E-state index contributed by atoms with van der Waals surface area (Å²) < 4.78 is 5.68. The Morgan fingerprint density at radius 3 is 2.33 bits per heavy atom. The van der Waals surface area contributed by atoms with Crippen molar-refractivity contribution in [2.75, 3.05) is 7.11 Å². The van der Waals surface area contributed by atoms with Gasteiger partial charge in [0.25, 0.3) is 0 Å². The van der Waals surface area contributed by atoms with Crippen molar-refractivity contribution in [3.05, 3.63) is 28.8 Å². The summed E-state index contributed by atoms with van der Waals surface area (Å²) in [5.41, 5.74) is 10.2. The summed E-state index contributed by atoms with van der Waals surface area (Å²) in [6, 6.07) is 4.46. The molecular formula is C16H25NO. The van der Waals surface area contributed by atoms with E-state index < -0.39 is 0 Å². The molecule has 2 N–H and O–H groups in total. The molecule has 100 valence electrons. The van der Waals surface area contributed by atoms with Gasteiger partial charge in [-0.25, -0.2) is 0 Å². The minimum atomic E-state index is 0.0240. The molecule has 18 heavy (non-hydrogen) atoms. The van der Waals surface area contributed by atoms with Crippen molar-refractivity contribution in [1.29, 1.82) is 0 Å². The number of hydrogen-bond acceptors (Lipinski definition) is 2. The highest BCUT2D eigenvalue weighted by Gasteiger charge is 2.39. The second kappa shape index (κ2) is 4.27. The monoisotopic (exact) mass is 247 g/mol. The molecule has 0 radical (unpaired) electrons. The molecule has 1 saturated carbocycles. The third kappa shape index (κ3) is 2.69. The summed E-state index contributed by atoms with van der Waals surface area (Å²) in [4.78, 5) is 0. The highest BCUT2D eigenvalue weighted by Crippen LogP contribution is 2.41. The van der Waals surface area contributed by atoms with Crippen molar-refractivity contribution < 1.29 is 4.74 Å². The smallest absolute Gasteiger partial charge is 0.125 e. The Morgan fingerprint density at radius 2 is 1.89 bits per heavy atom. The molecule has 2 heteroatoms. The van der Waals surface area contributed by atoms with Crippen molar-refractivity contribution in [1.82, 2.24) is 0 Å². The second-order valence-corrected chi connectivity index (χ2v) is 6.79. The van der Waals surface area contributed by atoms with Crippen LogP contribution in [0.25, 0.3) is 0 Å². The van der Waals surface area contributed by atoms with Gasteiger partial charge in [0, 0.05) is 11.1 Å². The van der Waals surface area contributed by atoms with Gasteiger partial charge in [-0.15, -0.1) is 0 Å². The first kappa shape index (κ1) is 13.4. The van der Waals surface area contributed by atoms with Gasteiger partial charge in [-0.2, -0.15) is 0 Å². The molecule has 2 nitrogen and oxygen atoms in total. The van der Waals surface area contributed by atoms with E-state index in [1.807, 2.05) is 0 Å². The lowest BCUT2D eigenvalue weighted by atomic mass is 9.83. The number of nitrogens with two attached hydrogens (primary N) is 1. The number of hydrogen-bond donors (Lipinski definition) is 1. The highest BCUT2D eigenvalue weighted by atomic mass is 16.5. The Balaban J connectivity index is 2.47. The van der Waals surface area contributed by atoms with Crippen molar-refractivity contribution in [3.63, 3.8) is 0 Å². The fraction of sp³-hybridized carbons (Fsp3) is 0.625. The van der Waals surface area contributed by atoms with Crippen LogP contribution in [0, 0.1) is 6.92 Å². The number of ether oxygens (including phenoxy) is 1. The molecule has 1 aromatic carbocycles. The zero-order chi connectivity index (χ0) is 13.6. The molecule has 1 fully saturated rings. The molecule has 0 aromatic heterocycles. The third-order valence-corrected chi connectivity index (χ3v) is 3.76. The Labute approximate surface area is 111 Å². The van der Waals surface area contributed by atoms with Crippen molar-refractivity contribution in [2.24, 2.45) is 5.73 Å². The van der Waals surface area contributed by atoms with E-state index in [2.05, 4.69) is 39.8 Å². The van der Waals surface area contributed by atoms with Gasteiger partial charge in [-0.05, 0) is 37.2 Å². The summed E-state index contributed by atoms with van der Waals surface area (Å²) in [7, 11) is 1.76. The first-order chi connectivity index (χ1) is 8.25. The lowest BCUT2D eigenvalue weighted by Gasteiger charge is -2.25. The van der Waals surface area contributed by atoms with Crippen LogP contribution in [-0.4, -0.2) is 12.6 Å². The van der Waals surface area contributed by atoms with Crippen molar-refractivity contribution in [3.8, 4) is 5.75 Å². The maximum Gasteiger partial charge on any atom is 0.125 e. The number of benzene rings is 1. The minimum absolute atomic E-state index is 0.0240. The van der Waals surface area contributed by atoms with Crippen LogP contribution in [0.2, 0.25) is 0 Å². The van der Waals surface area contributed by atoms with Gasteiger partial charge in [-0.3, -0.25) is 0 Å². The molecule has 2 rings (SSSR count). The van der Waals surface area contributed by atoms with E-state index in [-0.39, 0.29) is 11.0 Å². The number of rotatable bonds is 3. The summed E-state index contributed by atoms with van der Waals surface area (Å²) in [6.45, 7) is 8.82. The zero-order valence-electron chi connectivity index (χ0n) is 12.3. The second-order valence-electron chi connectivity index (χ2n) is 6.79. The predicted octanol–water partition coefficient (Wildman–Crippen LogP) is 3.33. The van der Waals surface area contributed by atoms with E-state index in [0.29, 0.717) is 0 Å². The summed E-state index contributed by atoms with van der Waals surface area (Å²) in [6.07, 6.45) is 3.20. The molecule has 1 aromatic rings. The molecule has 0 unspecified atom stereocenters. The standard InChI is InChI=1S/C16H25NO/c1-11-8-12(10-16(17)6-7-16)14(18-5)13(9-11)15(2,3)4/h8-9H,6-7,10,17H2,1-5H3. The molecule has 1 aliphatic carbocycles. The van der Waals surface area contributed by atoms with Crippen LogP contribution in [0.4, 0.5) is 0 Å². The van der Waals surface area contributed by atoms with Crippen LogP contribution in [0.1, 0.15) is 50.3 Å². The first-order valence-electron chi connectivity index (χ1n) is 6.72. The Hall–Kier alpha value is -1.02. The van der Waals surface area contributed by atoms with Gasteiger partial charge < -0.3 is 10.5 Å². The van der Waals surface area contributed by atoms with Gasteiger partial charge in [0.1, 0.15) is 5.75 Å². The number of aryl methyl sites for hydroxylation is 1. The van der Waals surface area contributed by atoms with Crippen LogP contribution in [0.5, 0.6) is 5.75 Å². The molecule has 0 bridgehead atoms. The number of methoxy groups -OCH3 is 1.